The number of hydrogen-bond acceptors (Lipinski definition) is 1. The van der Waals surface area contributed by atoms with Gasteiger partial charge in [0.1, 0.15) is 0 Å². The zero-order valence-electron chi connectivity index (χ0n) is 9.73. The summed E-state index contributed by atoms with van der Waals surface area (Å²) in [5.74, 6) is 0. The van der Waals surface area contributed by atoms with Crippen molar-refractivity contribution in [2.75, 3.05) is 0 Å². The SMILES string of the molecule is C=C1C=C(Cl)C=CN1/C=C(\C)c1ccccc1. The first kappa shape index (κ1) is 11.7. The number of rotatable bonds is 2. The highest BCUT2D eigenvalue weighted by Gasteiger charge is 2.05. The molecule has 0 radical (unpaired) electrons. The van der Waals surface area contributed by atoms with Crippen LogP contribution in [0.15, 0.2) is 72.2 Å². The van der Waals surface area contributed by atoms with Gasteiger partial charge in [0.25, 0.3) is 0 Å². The van der Waals surface area contributed by atoms with Gasteiger partial charge in [-0.15, -0.1) is 0 Å². The lowest BCUT2D eigenvalue weighted by Gasteiger charge is -2.20. The fraction of sp³-hybridized carbons (Fsp3) is 0.0667. The van der Waals surface area contributed by atoms with E-state index < -0.39 is 0 Å². The number of allylic oxidation sites excluding steroid dienone is 4. The molecule has 1 aliphatic rings. The molecule has 0 amide bonds. The summed E-state index contributed by atoms with van der Waals surface area (Å²) in [4.78, 5) is 1.97. The van der Waals surface area contributed by atoms with Gasteiger partial charge in [0.15, 0.2) is 0 Å². The lowest BCUT2D eigenvalue weighted by atomic mass is 10.1. The Kier molecular flexibility index (Phi) is 3.50. The Morgan fingerprint density at radius 1 is 1.29 bits per heavy atom. The van der Waals surface area contributed by atoms with Crippen LogP contribution in [0, 0.1) is 0 Å². The van der Waals surface area contributed by atoms with Gasteiger partial charge in [-0.3, -0.25) is 0 Å². The lowest BCUT2D eigenvalue weighted by molar-refractivity contribution is 0.649. The van der Waals surface area contributed by atoms with Crippen molar-refractivity contribution >= 4 is 17.2 Å². The number of nitrogens with zero attached hydrogens (tertiary/aromatic N) is 1. The molecule has 0 N–H and O–H groups in total. The Morgan fingerprint density at radius 2 is 2.00 bits per heavy atom. The summed E-state index contributed by atoms with van der Waals surface area (Å²) in [6.07, 6.45) is 7.66. The van der Waals surface area contributed by atoms with Crippen molar-refractivity contribution in [1.29, 1.82) is 0 Å². The van der Waals surface area contributed by atoms with Crippen molar-refractivity contribution in [3.8, 4) is 0 Å². The van der Waals surface area contributed by atoms with Gasteiger partial charge < -0.3 is 4.90 Å². The first-order chi connectivity index (χ1) is 8.16. The molecule has 2 heteroatoms. The van der Waals surface area contributed by atoms with E-state index in [0.717, 1.165) is 5.70 Å². The van der Waals surface area contributed by atoms with Crippen LogP contribution in [0.25, 0.3) is 5.57 Å². The molecule has 0 aliphatic carbocycles. The Balaban J connectivity index is 2.21. The lowest BCUT2D eigenvalue weighted by Crippen LogP contribution is -2.09. The summed E-state index contributed by atoms with van der Waals surface area (Å²) in [6, 6.07) is 10.3. The monoisotopic (exact) mass is 243 g/mol. The minimum atomic E-state index is 0.706. The summed E-state index contributed by atoms with van der Waals surface area (Å²) in [5.41, 5.74) is 3.25. The van der Waals surface area contributed by atoms with Gasteiger partial charge in [0.05, 0.1) is 0 Å². The van der Waals surface area contributed by atoms with Crippen molar-refractivity contribution in [1.82, 2.24) is 4.90 Å². The molecule has 17 heavy (non-hydrogen) atoms. The molecule has 0 aromatic heterocycles. The summed E-state index contributed by atoms with van der Waals surface area (Å²) in [7, 11) is 0. The van der Waals surface area contributed by atoms with Crippen LogP contribution in [0.2, 0.25) is 0 Å². The third kappa shape index (κ3) is 2.89. The average Bonchev–Trinajstić information content (AvgIpc) is 2.34. The van der Waals surface area contributed by atoms with Crippen molar-refractivity contribution in [2.24, 2.45) is 0 Å². The van der Waals surface area contributed by atoms with Gasteiger partial charge in [0, 0.05) is 23.1 Å². The zero-order chi connectivity index (χ0) is 12.3. The molecule has 0 saturated heterocycles. The summed E-state index contributed by atoms with van der Waals surface area (Å²) in [5, 5.41) is 0.706. The fourth-order valence-electron chi connectivity index (χ4n) is 1.64. The maximum Gasteiger partial charge on any atom is 0.0441 e. The second-order valence-electron chi connectivity index (χ2n) is 3.92. The molecule has 1 aromatic carbocycles. The number of halogens is 1. The summed E-state index contributed by atoms with van der Waals surface area (Å²) < 4.78 is 0. The molecule has 1 aliphatic heterocycles. The van der Waals surface area contributed by atoms with E-state index in [2.05, 4.69) is 25.6 Å². The Morgan fingerprint density at radius 3 is 2.65 bits per heavy atom. The van der Waals surface area contributed by atoms with Crippen LogP contribution >= 0.6 is 11.6 Å². The van der Waals surface area contributed by atoms with Crippen LogP contribution in [-0.2, 0) is 0 Å². The minimum Gasteiger partial charge on any atom is -0.324 e. The molecular weight excluding hydrogens is 230 g/mol. The topological polar surface area (TPSA) is 3.24 Å². The minimum absolute atomic E-state index is 0.706. The molecule has 0 saturated carbocycles. The van der Waals surface area contributed by atoms with E-state index in [0.29, 0.717) is 5.03 Å². The maximum absolute atomic E-state index is 5.90. The molecule has 0 spiro atoms. The molecule has 0 atom stereocenters. The summed E-state index contributed by atoms with van der Waals surface area (Å²) in [6.45, 7) is 6.04. The zero-order valence-corrected chi connectivity index (χ0v) is 10.5. The van der Waals surface area contributed by atoms with Gasteiger partial charge in [-0.2, -0.15) is 0 Å². The van der Waals surface area contributed by atoms with E-state index >= 15 is 0 Å². The second-order valence-corrected chi connectivity index (χ2v) is 4.36. The van der Waals surface area contributed by atoms with Crippen molar-refractivity contribution in [3.05, 3.63) is 77.8 Å². The van der Waals surface area contributed by atoms with Crippen molar-refractivity contribution in [2.45, 2.75) is 6.92 Å². The van der Waals surface area contributed by atoms with Crippen LogP contribution in [-0.4, -0.2) is 4.90 Å². The van der Waals surface area contributed by atoms with Crippen molar-refractivity contribution < 1.29 is 0 Å². The summed E-state index contributed by atoms with van der Waals surface area (Å²) >= 11 is 5.90. The maximum atomic E-state index is 5.90. The van der Waals surface area contributed by atoms with Gasteiger partial charge in [-0.05, 0) is 30.2 Å². The smallest absolute Gasteiger partial charge is 0.0441 e. The van der Waals surface area contributed by atoms with Crippen molar-refractivity contribution in [3.63, 3.8) is 0 Å². The predicted molar refractivity (Wildman–Crippen MR) is 74.1 cm³/mol. The second kappa shape index (κ2) is 5.07. The van der Waals surface area contributed by atoms with Crippen LogP contribution in [0.5, 0.6) is 0 Å². The molecule has 86 valence electrons. The fourth-order valence-corrected chi connectivity index (χ4v) is 1.82. The van der Waals surface area contributed by atoms with E-state index in [-0.39, 0.29) is 0 Å². The highest BCUT2D eigenvalue weighted by Crippen LogP contribution is 2.21. The van der Waals surface area contributed by atoms with Gasteiger partial charge in [0.2, 0.25) is 0 Å². The Hall–Kier alpha value is -1.73. The van der Waals surface area contributed by atoms with Gasteiger partial charge in [-0.1, -0.05) is 48.5 Å². The molecule has 2 rings (SSSR count). The largest absolute Gasteiger partial charge is 0.324 e. The molecule has 1 aromatic rings. The van der Waals surface area contributed by atoms with Crippen LogP contribution in [0.1, 0.15) is 12.5 Å². The van der Waals surface area contributed by atoms with E-state index in [1.165, 1.54) is 11.1 Å². The van der Waals surface area contributed by atoms with Crippen LogP contribution in [0.4, 0.5) is 0 Å². The Labute approximate surface area is 107 Å². The molecule has 1 heterocycles. The number of benzene rings is 1. The van der Waals surface area contributed by atoms with E-state index in [1.54, 1.807) is 0 Å². The average molecular weight is 244 g/mol. The molecule has 0 unspecified atom stereocenters. The quantitative estimate of drug-likeness (QED) is 0.739. The molecular formula is C15H14ClN. The molecule has 0 bridgehead atoms. The third-order valence-corrected chi connectivity index (χ3v) is 2.83. The van der Waals surface area contributed by atoms with E-state index in [9.17, 15) is 0 Å². The first-order valence-corrected chi connectivity index (χ1v) is 5.81. The molecule has 0 fully saturated rings. The van der Waals surface area contributed by atoms with Crippen LogP contribution in [0.3, 0.4) is 0 Å². The first-order valence-electron chi connectivity index (χ1n) is 5.43. The molecule has 1 nitrogen and oxygen atoms in total. The Bertz CT molecular complexity index is 509. The standard InChI is InChI=1S/C15H14ClN/c1-12(14-6-4-3-5-7-14)11-17-9-8-15(16)10-13(17)2/h3-11H,2H2,1H3/b12-11+. The normalized spacial score (nSPS) is 16.1. The highest BCUT2D eigenvalue weighted by atomic mass is 35.5. The van der Waals surface area contributed by atoms with Gasteiger partial charge in [-0.25, -0.2) is 0 Å². The van der Waals surface area contributed by atoms with E-state index in [4.69, 9.17) is 11.6 Å². The predicted octanol–water partition coefficient (Wildman–Crippen LogP) is 4.51. The van der Waals surface area contributed by atoms with E-state index in [1.807, 2.05) is 47.7 Å². The number of hydrogen-bond donors (Lipinski definition) is 0. The third-order valence-electron chi connectivity index (χ3n) is 2.59. The highest BCUT2D eigenvalue weighted by molar-refractivity contribution is 6.31. The van der Waals surface area contributed by atoms with Gasteiger partial charge >= 0.3 is 0 Å². The van der Waals surface area contributed by atoms with Crippen LogP contribution < -0.4 is 0 Å².